The highest BCUT2D eigenvalue weighted by Crippen LogP contribution is 2.14. The van der Waals surface area contributed by atoms with Crippen LogP contribution >= 0.6 is 0 Å². The third-order valence-corrected chi connectivity index (χ3v) is 2.81. The molecule has 3 nitrogen and oxygen atoms in total. The van der Waals surface area contributed by atoms with Gasteiger partial charge in [-0.1, -0.05) is 12.1 Å². The highest BCUT2D eigenvalue weighted by molar-refractivity contribution is 5.34. The fourth-order valence-electron chi connectivity index (χ4n) is 1.78. The van der Waals surface area contributed by atoms with Crippen LogP contribution in [0.15, 0.2) is 24.3 Å². The van der Waals surface area contributed by atoms with Gasteiger partial charge in [-0.05, 0) is 38.0 Å². The number of nitrogens with zero attached hydrogens (tertiary/aromatic N) is 1. The summed E-state index contributed by atoms with van der Waals surface area (Å²) in [5.41, 5.74) is 1.86. The summed E-state index contributed by atoms with van der Waals surface area (Å²) in [6, 6.07) is 10.5. The van der Waals surface area contributed by atoms with E-state index in [4.69, 9.17) is 10.00 Å². The maximum atomic E-state index is 8.85. The molecule has 0 radical (unpaired) electrons. The number of rotatable bonds is 6. The molecule has 0 bridgehead atoms. The molecule has 0 spiro atoms. The molecule has 0 amide bonds. The van der Waals surface area contributed by atoms with Gasteiger partial charge in [-0.15, -0.1) is 0 Å². The van der Waals surface area contributed by atoms with Crippen molar-refractivity contribution in [1.82, 2.24) is 5.32 Å². The second kappa shape index (κ2) is 7.05. The fraction of sp³-hybridized carbons (Fsp3) is 0.500. The molecule has 2 atom stereocenters. The monoisotopic (exact) mass is 232 g/mol. The van der Waals surface area contributed by atoms with Crippen LogP contribution in [0.1, 0.15) is 37.4 Å². The molecule has 0 aromatic heterocycles. The van der Waals surface area contributed by atoms with Crippen LogP contribution in [0.4, 0.5) is 0 Å². The van der Waals surface area contributed by atoms with E-state index in [1.165, 1.54) is 0 Å². The van der Waals surface area contributed by atoms with Gasteiger partial charge in [-0.25, -0.2) is 0 Å². The molecule has 17 heavy (non-hydrogen) atoms. The van der Waals surface area contributed by atoms with E-state index in [0.29, 0.717) is 11.6 Å². The van der Waals surface area contributed by atoms with Crippen molar-refractivity contribution in [2.45, 2.75) is 32.4 Å². The molecule has 1 aromatic rings. The first-order chi connectivity index (χ1) is 8.17. The van der Waals surface area contributed by atoms with E-state index in [1.807, 2.05) is 24.3 Å². The third kappa shape index (κ3) is 4.56. The molecule has 2 unspecified atom stereocenters. The molecule has 0 aliphatic carbocycles. The Hall–Kier alpha value is -1.37. The molecule has 92 valence electrons. The number of benzene rings is 1. The van der Waals surface area contributed by atoms with Gasteiger partial charge in [0.2, 0.25) is 0 Å². The first-order valence-corrected chi connectivity index (χ1v) is 5.92. The maximum Gasteiger partial charge on any atom is 0.0991 e. The molecule has 1 rings (SSSR count). The first-order valence-electron chi connectivity index (χ1n) is 5.92. The van der Waals surface area contributed by atoms with Crippen molar-refractivity contribution in [3.63, 3.8) is 0 Å². The summed E-state index contributed by atoms with van der Waals surface area (Å²) in [4.78, 5) is 0. The standard InChI is InChI=1S/C14H20N2O/c1-11(7-8-17-3)16-12(2)14-6-4-5-13(9-14)10-15/h4-6,9,11-12,16H,7-8H2,1-3H3. The van der Waals surface area contributed by atoms with E-state index in [9.17, 15) is 0 Å². The summed E-state index contributed by atoms with van der Waals surface area (Å²) in [7, 11) is 1.71. The number of methoxy groups -OCH3 is 1. The average Bonchev–Trinajstić information content (AvgIpc) is 2.36. The van der Waals surface area contributed by atoms with Gasteiger partial charge in [0.15, 0.2) is 0 Å². The highest BCUT2D eigenvalue weighted by atomic mass is 16.5. The van der Waals surface area contributed by atoms with Crippen LogP contribution in [-0.2, 0) is 4.74 Å². The van der Waals surface area contributed by atoms with Crippen molar-refractivity contribution in [3.8, 4) is 6.07 Å². The van der Waals surface area contributed by atoms with Crippen molar-refractivity contribution < 1.29 is 4.74 Å². The van der Waals surface area contributed by atoms with E-state index in [0.717, 1.165) is 18.6 Å². The smallest absolute Gasteiger partial charge is 0.0991 e. The number of hydrogen-bond donors (Lipinski definition) is 1. The molecule has 3 heteroatoms. The number of hydrogen-bond acceptors (Lipinski definition) is 3. The fourth-order valence-corrected chi connectivity index (χ4v) is 1.78. The summed E-state index contributed by atoms with van der Waals surface area (Å²) in [6.07, 6.45) is 0.985. The van der Waals surface area contributed by atoms with Crippen molar-refractivity contribution in [1.29, 1.82) is 5.26 Å². The quantitative estimate of drug-likeness (QED) is 0.820. The lowest BCUT2D eigenvalue weighted by molar-refractivity contribution is 0.183. The minimum atomic E-state index is 0.246. The first kappa shape index (κ1) is 13.7. The van der Waals surface area contributed by atoms with Crippen LogP contribution in [-0.4, -0.2) is 19.8 Å². The Labute approximate surface area is 103 Å². The topological polar surface area (TPSA) is 45.0 Å². The molecule has 0 heterocycles. The van der Waals surface area contributed by atoms with E-state index < -0.39 is 0 Å². The van der Waals surface area contributed by atoms with Gasteiger partial charge in [0.1, 0.15) is 0 Å². The zero-order valence-corrected chi connectivity index (χ0v) is 10.7. The predicted octanol–water partition coefficient (Wildman–Crippen LogP) is 2.63. The summed E-state index contributed by atoms with van der Waals surface area (Å²) >= 11 is 0. The molecule has 0 aliphatic heterocycles. The second-order valence-electron chi connectivity index (χ2n) is 4.31. The zero-order chi connectivity index (χ0) is 12.7. The Bertz CT molecular complexity index is 384. The maximum absolute atomic E-state index is 8.85. The van der Waals surface area contributed by atoms with Gasteiger partial charge >= 0.3 is 0 Å². The van der Waals surface area contributed by atoms with Gasteiger partial charge in [-0.3, -0.25) is 0 Å². The minimum absolute atomic E-state index is 0.246. The zero-order valence-electron chi connectivity index (χ0n) is 10.7. The Morgan fingerprint density at radius 2 is 2.18 bits per heavy atom. The van der Waals surface area contributed by atoms with E-state index >= 15 is 0 Å². The van der Waals surface area contributed by atoms with Crippen molar-refractivity contribution in [2.75, 3.05) is 13.7 Å². The van der Waals surface area contributed by atoms with Crippen LogP contribution in [0.5, 0.6) is 0 Å². The Balaban J connectivity index is 2.57. The molecular formula is C14H20N2O. The van der Waals surface area contributed by atoms with Crippen molar-refractivity contribution >= 4 is 0 Å². The Kier molecular flexibility index (Phi) is 5.68. The second-order valence-corrected chi connectivity index (χ2v) is 4.31. The van der Waals surface area contributed by atoms with Crippen LogP contribution in [0.2, 0.25) is 0 Å². The van der Waals surface area contributed by atoms with Gasteiger partial charge in [-0.2, -0.15) is 5.26 Å². The molecule has 1 aromatic carbocycles. The van der Waals surface area contributed by atoms with E-state index in [-0.39, 0.29) is 6.04 Å². The summed E-state index contributed by atoms with van der Waals surface area (Å²) < 4.78 is 5.05. The SMILES string of the molecule is COCCC(C)NC(C)c1cccc(C#N)c1. The Morgan fingerprint density at radius 1 is 1.41 bits per heavy atom. The minimum Gasteiger partial charge on any atom is -0.385 e. The van der Waals surface area contributed by atoms with Crippen molar-refractivity contribution in [2.24, 2.45) is 0 Å². The number of nitriles is 1. The average molecular weight is 232 g/mol. The third-order valence-electron chi connectivity index (χ3n) is 2.81. The number of ether oxygens (including phenoxy) is 1. The van der Waals surface area contributed by atoms with Crippen LogP contribution in [0, 0.1) is 11.3 Å². The normalized spacial score (nSPS) is 14.0. The lowest BCUT2D eigenvalue weighted by Gasteiger charge is -2.20. The highest BCUT2D eigenvalue weighted by Gasteiger charge is 2.09. The van der Waals surface area contributed by atoms with Crippen LogP contribution in [0.3, 0.4) is 0 Å². The van der Waals surface area contributed by atoms with Crippen LogP contribution in [0.25, 0.3) is 0 Å². The van der Waals surface area contributed by atoms with Gasteiger partial charge in [0.05, 0.1) is 11.6 Å². The summed E-state index contributed by atoms with van der Waals surface area (Å²) in [5, 5.41) is 12.3. The summed E-state index contributed by atoms with van der Waals surface area (Å²) in [5.74, 6) is 0. The molecule has 0 aliphatic rings. The van der Waals surface area contributed by atoms with Crippen LogP contribution < -0.4 is 5.32 Å². The Morgan fingerprint density at radius 3 is 2.82 bits per heavy atom. The van der Waals surface area contributed by atoms with Crippen molar-refractivity contribution in [3.05, 3.63) is 35.4 Å². The lowest BCUT2D eigenvalue weighted by Crippen LogP contribution is -2.29. The van der Waals surface area contributed by atoms with E-state index in [2.05, 4.69) is 25.2 Å². The molecule has 0 saturated carbocycles. The van der Waals surface area contributed by atoms with E-state index in [1.54, 1.807) is 7.11 Å². The predicted molar refractivity (Wildman–Crippen MR) is 68.7 cm³/mol. The lowest BCUT2D eigenvalue weighted by atomic mass is 10.0. The molecule has 0 fully saturated rings. The summed E-state index contributed by atoms with van der Waals surface area (Å²) in [6.45, 7) is 5.02. The van der Waals surface area contributed by atoms with Gasteiger partial charge in [0.25, 0.3) is 0 Å². The molecule has 0 saturated heterocycles. The van der Waals surface area contributed by atoms with Gasteiger partial charge < -0.3 is 10.1 Å². The number of nitrogens with one attached hydrogen (secondary N) is 1. The molecular weight excluding hydrogens is 212 g/mol. The largest absolute Gasteiger partial charge is 0.385 e. The molecule has 1 N–H and O–H groups in total. The van der Waals surface area contributed by atoms with Gasteiger partial charge in [0, 0.05) is 25.8 Å².